The van der Waals surface area contributed by atoms with E-state index >= 15 is 0 Å². The van der Waals surface area contributed by atoms with E-state index in [1.807, 2.05) is 0 Å². The van der Waals surface area contributed by atoms with Crippen molar-refractivity contribution in [3.63, 3.8) is 0 Å². The van der Waals surface area contributed by atoms with E-state index in [9.17, 15) is 0 Å². The van der Waals surface area contributed by atoms with E-state index in [2.05, 4.69) is 136 Å². The van der Waals surface area contributed by atoms with Crippen LogP contribution in [-0.4, -0.2) is 0 Å². The highest BCUT2D eigenvalue weighted by Gasteiger charge is 2.15. The van der Waals surface area contributed by atoms with Crippen LogP contribution in [0.1, 0.15) is 44.5 Å². The highest BCUT2D eigenvalue weighted by Crippen LogP contribution is 2.35. The van der Waals surface area contributed by atoms with Crippen molar-refractivity contribution in [1.82, 2.24) is 0 Å². The van der Waals surface area contributed by atoms with Crippen LogP contribution in [0.2, 0.25) is 0 Å². The lowest BCUT2D eigenvalue weighted by Crippen LogP contribution is -1.94. The summed E-state index contributed by atoms with van der Waals surface area (Å²) >= 11 is 0. The number of rotatable bonds is 0. The Bertz CT molecular complexity index is 1670. The SMILES string of the molecule is Cc1ccc(C#Cc2c3cccc(C)c3c(C#Cc3cccc(C)c3)c3cccc(C)c23)cc1. The lowest BCUT2D eigenvalue weighted by Gasteiger charge is -2.14. The molecule has 0 bridgehead atoms. The number of hydrogen-bond donors (Lipinski definition) is 0. The first-order chi connectivity index (χ1) is 16.5. The number of benzene rings is 5. The summed E-state index contributed by atoms with van der Waals surface area (Å²) in [5.74, 6) is 13.9. The summed E-state index contributed by atoms with van der Waals surface area (Å²) in [5.41, 5.74) is 9.10. The topological polar surface area (TPSA) is 0 Å². The summed E-state index contributed by atoms with van der Waals surface area (Å²) < 4.78 is 0. The zero-order valence-corrected chi connectivity index (χ0v) is 20.1. The fourth-order valence-electron chi connectivity index (χ4n) is 4.57. The molecule has 5 aromatic carbocycles. The Hall–Kier alpha value is -4.26. The summed E-state index contributed by atoms with van der Waals surface area (Å²) in [6, 6.07) is 29.7. The predicted octanol–water partition coefficient (Wildman–Crippen LogP) is 8.03. The zero-order chi connectivity index (χ0) is 23.7. The van der Waals surface area contributed by atoms with Crippen LogP contribution in [0.5, 0.6) is 0 Å². The highest BCUT2D eigenvalue weighted by atomic mass is 14.2. The Morgan fingerprint density at radius 3 is 1.53 bits per heavy atom. The van der Waals surface area contributed by atoms with Gasteiger partial charge in [-0.25, -0.2) is 0 Å². The second-order valence-corrected chi connectivity index (χ2v) is 8.98. The summed E-state index contributed by atoms with van der Waals surface area (Å²) in [6.07, 6.45) is 0. The number of aryl methyl sites for hydroxylation is 4. The van der Waals surface area contributed by atoms with Gasteiger partial charge in [-0.15, -0.1) is 0 Å². The van der Waals surface area contributed by atoms with Gasteiger partial charge in [-0.3, -0.25) is 0 Å². The third-order valence-corrected chi connectivity index (χ3v) is 6.32. The quantitative estimate of drug-likeness (QED) is 0.171. The molecule has 0 heteroatoms. The molecule has 5 aromatic rings. The Morgan fingerprint density at radius 1 is 0.441 bits per heavy atom. The van der Waals surface area contributed by atoms with E-state index in [1.54, 1.807) is 0 Å². The predicted molar refractivity (Wildman–Crippen MR) is 145 cm³/mol. The molecule has 0 N–H and O–H groups in total. The molecule has 34 heavy (non-hydrogen) atoms. The minimum atomic E-state index is 1.02. The summed E-state index contributed by atoms with van der Waals surface area (Å²) in [6.45, 7) is 8.53. The first-order valence-corrected chi connectivity index (χ1v) is 11.6. The van der Waals surface area contributed by atoms with E-state index in [-0.39, 0.29) is 0 Å². The van der Waals surface area contributed by atoms with Crippen molar-refractivity contribution in [2.24, 2.45) is 0 Å². The molecule has 0 aliphatic rings. The average molecular weight is 435 g/mol. The second kappa shape index (κ2) is 8.94. The summed E-state index contributed by atoms with van der Waals surface area (Å²) in [7, 11) is 0. The summed E-state index contributed by atoms with van der Waals surface area (Å²) in [4.78, 5) is 0. The van der Waals surface area contributed by atoms with Crippen molar-refractivity contribution in [3.8, 4) is 23.7 Å². The van der Waals surface area contributed by atoms with E-state index in [4.69, 9.17) is 0 Å². The van der Waals surface area contributed by atoms with Gasteiger partial charge in [0, 0.05) is 33.0 Å². The maximum Gasteiger partial charge on any atom is 0.0409 e. The van der Waals surface area contributed by atoms with E-state index in [0.29, 0.717) is 0 Å². The van der Waals surface area contributed by atoms with Gasteiger partial charge in [0.1, 0.15) is 0 Å². The fraction of sp³-hybridized carbons (Fsp3) is 0.118. The minimum Gasteiger partial charge on any atom is -0.0616 e. The van der Waals surface area contributed by atoms with Crippen LogP contribution >= 0.6 is 0 Å². The zero-order valence-electron chi connectivity index (χ0n) is 20.1. The van der Waals surface area contributed by atoms with Gasteiger partial charge in [0.15, 0.2) is 0 Å². The average Bonchev–Trinajstić information content (AvgIpc) is 2.83. The number of hydrogen-bond acceptors (Lipinski definition) is 0. The Morgan fingerprint density at radius 2 is 0.971 bits per heavy atom. The molecule has 5 rings (SSSR count). The Labute approximate surface area is 202 Å². The van der Waals surface area contributed by atoms with Gasteiger partial charge in [-0.2, -0.15) is 0 Å². The van der Waals surface area contributed by atoms with Gasteiger partial charge in [-0.1, -0.05) is 89.9 Å². The van der Waals surface area contributed by atoms with Crippen molar-refractivity contribution in [3.05, 3.63) is 129 Å². The monoisotopic (exact) mass is 434 g/mol. The molecule has 0 spiro atoms. The molecule has 0 nitrogen and oxygen atoms in total. The summed E-state index contributed by atoms with van der Waals surface area (Å²) in [5, 5.41) is 4.70. The van der Waals surface area contributed by atoms with Gasteiger partial charge in [0.05, 0.1) is 0 Å². The van der Waals surface area contributed by atoms with Crippen LogP contribution < -0.4 is 0 Å². The molecule has 0 radical (unpaired) electrons. The van der Waals surface area contributed by atoms with Crippen LogP contribution in [0, 0.1) is 51.4 Å². The molecule has 0 heterocycles. The van der Waals surface area contributed by atoms with Crippen LogP contribution in [-0.2, 0) is 0 Å². The normalized spacial score (nSPS) is 10.5. The fourth-order valence-corrected chi connectivity index (χ4v) is 4.57. The van der Waals surface area contributed by atoms with Crippen LogP contribution in [0.3, 0.4) is 0 Å². The van der Waals surface area contributed by atoms with Gasteiger partial charge < -0.3 is 0 Å². The molecule has 0 saturated heterocycles. The van der Waals surface area contributed by atoms with E-state index < -0.39 is 0 Å². The third-order valence-electron chi connectivity index (χ3n) is 6.32. The van der Waals surface area contributed by atoms with E-state index in [0.717, 1.165) is 33.0 Å². The van der Waals surface area contributed by atoms with Crippen molar-refractivity contribution in [1.29, 1.82) is 0 Å². The second-order valence-electron chi connectivity index (χ2n) is 8.98. The maximum atomic E-state index is 3.55. The molecule has 0 aromatic heterocycles. The molecule has 162 valence electrons. The van der Waals surface area contributed by atoms with Crippen LogP contribution in [0.25, 0.3) is 21.5 Å². The van der Waals surface area contributed by atoms with Crippen molar-refractivity contribution in [2.75, 3.05) is 0 Å². The maximum absolute atomic E-state index is 3.55. The molecule has 0 saturated carbocycles. The van der Waals surface area contributed by atoms with Crippen molar-refractivity contribution >= 4 is 21.5 Å². The smallest absolute Gasteiger partial charge is 0.0409 e. The largest absolute Gasteiger partial charge is 0.0616 e. The molecular weight excluding hydrogens is 408 g/mol. The molecular formula is C34H26. The Balaban J connectivity index is 1.84. The van der Waals surface area contributed by atoms with E-state index in [1.165, 1.54) is 33.0 Å². The molecule has 0 fully saturated rings. The van der Waals surface area contributed by atoms with Crippen molar-refractivity contribution in [2.45, 2.75) is 27.7 Å². The first kappa shape index (κ1) is 21.6. The number of fused-ring (bicyclic) bond motifs is 2. The molecule has 0 atom stereocenters. The lowest BCUT2D eigenvalue weighted by atomic mass is 9.88. The van der Waals surface area contributed by atoms with Crippen LogP contribution in [0.15, 0.2) is 84.9 Å². The first-order valence-electron chi connectivity index (χ1n) is 11.6. The Kier molecular flexibility index (Phi) is 5.67. The lowest BCUT2D eigenvalue weighted by molar-refractivity contribution is 1.45. The molecule has 0 aliphatic heterocycles. The van der Waals surface area contributed by atoms with Gasteiger partial charge in [0.25, 0.3) is 0 Å². The standard InChI is InChI=1S/C34H26/c1-23-14-16-27(17-15-23)18-20-31-29-12-6-10-26(4)34(29)32(30-13-7-9-25(3)33(30)31)21-19-28-11-5-8-24(2)22-28/h5-17,22H,1-4H3. The highest BCUT2D eigenvalue weighted by molar-refractivity contribution is 6.11. The van der Waals surface area contributed by atoms with Gasteiger partial charge in [0.2, 0.25) is 0 Å². The van der Waals surface area contributed by atoms with Crippen molar-refractivity contribution < 1.29 is 0 Å². The van der Waals surface area contributed by atoms with Gasteiger partial charge in [-0.05, 0) is 79.4 Å². The third kappa shape index (κ3) is 4.08. The van der Waals surface area contributed by atoms with Gasteiger partial charge >= 0.3 is 0 Å². The van der Waals surface area contributed by atoms with Crippen LogP contribution in [0.4, 0.5) is 0 Å². The molecule has 0 amide bonds. The molecule has 0 unspecified atom stereocenters. The molecule has 0 aliphatic carbocycles. The minimum absolute atomic E-state index is 1.02.